The summed E-state index contributed by atoms with van der Waals surface area (Å²) < 4.78 is 50.1. The molecule has 0 radical (unpaired) electrons. The standard InChI is InChI=1S/C8H19O10P3.2CH4.O2.2H2O/c1-6-4-7(2)16-8(6)5-15-20(11,12)18-21(13,14)17-19(3,9)10;;;1-2;;/h6-8H,4-5H2,1-3H3,(H,9,10)(H,11,12)(H,13,14);2*1H4;;2*1H2/p-3/t6?,7?,8-;;;;;/m1...../s1. The first-order chi connectivity index (χ1) is 10.3. The summed E-state index contributed by atoms with van der Waals surface area (Å²) in [5.41, 5.74) is 0. The number of rotatable bonds is 7. The smallest absolute Gasteiger partial charge is 0.279 e. The van der Waals surface area contributed by atoms with Gasteiger partial charge in [0.05, 0.1) is 18.8 Å². The third-order valence-corrected chi connectivity index (χ3v) is 6.64. The molecule has 4 N–H and O–H groups in total. The normalized spacial score (nSPS) is 27.3. The minimum absolute atomic E-state index is 0. The molecule has 170 valence electrons. The van der Waals surface area contributed by atoms with E-state index < -0.39 is 36.0 Å². The number of ether oxygens (including phenoxy) is 1. The molecule has 0 amide bonds. The summed E-state index contributed by atoms with van der Waals surface area (Å²) >= 11 is 0. The first-order valence-corrected chi connectivity index (χ1v) is 11.0. The van der Waals surface area contributed by atoms with Gasteiger partial charge in [-0.2, -0.15) is 0 Å². The van der Waals surface area contributed by atoms with Crippen LogP contribution in [0.5, 0.6) is 0 Å². The van der Waals surface area contributed by atoms with Crippen molar-refractivity contribution >= 4 is 23.2 Å². The molecule has 1 saturated heterocycles. The quantitative estimate of drug-likeness (QED) is 0.437. The van der Waals surface area contributed by atoms with E-state index in [9.17, 15) is 28.4 Å². The van der Waals surface area contributed by atoms with E-state index in [1.807, 2.05) is 6.92 Å². The predicted octanol–water partition coefficient (Wildman–Crippen LogP) is -0.341. The highest BCUT2D eigenvalue weighted by Gasteiger charge is 2.31. The molecule has 0 bridgehead atoms. The summed E-state index contributed by atoms with van der Waals surface area (Å²) in [5, 5.41) is 0. The zero-order valence-electron chi connectivity index (χ0n) is 13.4. The maximum atomic E-state index is 11.4. The molecule has 1 fully saturated rings. The lowest BCUT2D eigenvalue weighted by Crippen LogP contribution is -2.23. The lowest BCUT2D eigenvalue weighted by atomic mass is 10.0. The maximum absolute atomic E-state index is 11.4. The van der Waals surface area contributed by atoms with E-state index in [1.54, 1.807) is 6.92 Å². The van der Waals surface area contributed by atoms with Crippen molar-refractivity contribution in [2.45, 2.75) is 47.3 Å². The molecule has 0 aromatic carbocycles. The molecule has 0 aliphatic carbocycles. The Morgan fingerprint density at radius 1 is 0.963 bits per heavy atom. The van der Waals surface area contributed by atoms with Crippen LogP contribution in [0.15, 0.2) is 0 Å². The van der Waals surface area contributed by atoms with Gasteiger partial charge in [-0.15, -0.1) is 0 Å². The van der Waals surface area contributed by atoms with E-state index in [0.717, 1.165) is 0 Å². The average molecular weight is 465 g/mol. The molecule has 0 saturated carbocycles. The minimum Gasteiger partial charge on any atom is -0.778 e. The van der Waals surface area contributed by atoms with Crippen LogP contribution in [0, 0.1) is 15.8 Å². The molecule has 14 nitrogen and oxygen atoms in total. The van der Waals surface area contributed by atoms with Crippen LogP contribution in [0.25, 0.3) is 0 Å². The van der Waals surface area contributed by atoms with Gasteiger partial charge >= 0.3 is 0 Å². The van der Waals surface area contributed by atoms with E-state index in [0.29, 0.717) is 13.1 Å². The lowest BCUT2D eigenvalue weighted by molar-refractivity contribution is -0.245. The molecular formula is C10H28O14P3-3. The van der Waals surface area contributed by atoms with Crippen molar-refractivity contribution in [1.82, 2.24) is 0 Å². The zero-order chi connectivity index (χ0) is 18.5. The van der Waals surface area contributed by atoms with Gasteiger partial charge in [0, 0.05) is 16.6 Å². The number of hydrogen-bond acceptors (Lipinski definition) is 12. The molecule has 0 aromatic rings. The van der Waals surface area contributed by atoms with Crippen LogP contribution < -0.4 is 14.7 Å². The van der Waals surface area contributed by atoms with Crippen molar-refractivity contribution in [3.8, 4) is 0 Å². The van der Waals surface area contributed by atoms with E-state index >= 15 is 0 Å². The van der Waals surface area contributed by atoms with Crippen molar-refractivity contribution in [3.63, 3.8) is 0 Å². The van der Waals surface area contributed by atoms with Gasteiger partial charge in [0.2, 0.25) is 0 Å². The van der Waals surface area contributed by atoms with E-state index in [1.165, 1.54) is 0 Å². The molecule has 0 spiro atoms. The summed E-state index contributed by atoms with van der Waals surface area (Å²) in [5.74, 6) is 0.0211. The lowest BCUT2D eigenvalue weighted by Gasteiger charge is -2.33. The third kappa shape index (κ3) is 16.6. The van der Waals surface area contributed by atoms with Crippen molar-refractivity contribution in [2.24, 2.45) is 5.92 Å². The van der Waals surface area contributed by atoms with Crippen LogP contribution in [-0.4, -0.2) is 36.4 Å². The van der Waals surface area contributed by atoms with Gasteiger partial charge in [0.15, 0.2) is 0 Å². The van der Waals surface area contributed by atoms with Crippen LogP contribution in [-0.2, 0) is 31.6 Å². The van der Waals surface area contributed by atoms with Gasteiger partial charge in [-0.05, 0) is 19.3 Å². The van der Waals surface area contributed by atoms with Crippen molar-refractivity contribution in [2.75, 3.05) is 13.3 Å². The van der Waals surface area contributed by atoms with Gasteiger partial charge < -0.3 is 39.5 Å². The van der Waals surface area contributed by atoms with Crippen molar-refractivity contribution in [3.05, 3.63) is 9.93 Å². The molecule has 17 heteroatoms. The second-order valence-electron chi connectivity index (χ2n) is 4.82. The first kappa shape index (κ1) is 37.6. The second kappa shape index (κ2) is 14.9. The second-order valence-corrected chi connectivity index (χ2v) is 9.72. The third-order valence-electron chi connectivity index (χ3n) is 2.59. The molecule has 1 aliphatic heterocycles. The van der Waals surface area contributed by atoms with Crippen LogP contribution in [0.2, 0.25) is 0 Å². The topological polar surface area (TPSA) is 254 Å². The van der Waals surface area contributed by atoms with Crippen molar-refractivity contribution < 1.29 is 57.2 Å². The SMILES string of the molecule is C.C.CC1CC(C)[C@@H](COP(=O)([O-])OP(=O)([O-])OP(C)(=O)[O-])O1.O.O.O=O. The molecular weight excluding hydrogens is 437 g/mol. The fraction of sp³-hybridized carbons (Fsp3) is 1.00. The Morgan fingerprint density at radius 2 is 1.41 bits per heavy atom. The summed E-state index contributed by atoms with van der Waals surface area (Å²) in [7, 11) is -15.6. The average Bonchev–Trinajstić information content (AvgIpc) is 2.63. The predicted molar refractivity (Wildman–Crippen MR) is 92.4 cm³/mol. The van der Waals surface area contributed by atoms with Crippen LogP contribution >= 0.6 is 23.2 Å². The minimum atomic E-state index is -5.59. The van der Waals surface area contributed by atoms with E-state index in [4.69, 9.17) is 14.7 Å². The Bertz CT molecular complexity index is 521. The molecule has 1 heterocycles. The van der Waals surface area contributed by atoms with Crippen LogP contribution in [0.4, 0.5) is 0 Å². The molecule has 1 aliphatic rings. The van der Waals surface area contributed by atoms with Gasteiger partial charge in [-0.1, -0.05) is 21.8 Å². The summed E-state index contributed by atoms with van der Waals surface area (Å²) in [6, 6.07) is 0. The Morgan fingerprint density at radius 3 is 1.74 bits per heavy atom. The summed E-state index contributed by atoms with van der Waals surface area (Å²) in [6.07, 6.45) is 0.103. The highest BCUT2D eigenvalue weighted by molar-refractivity contribution is 7.66. The maximum Gasteiger partial charge on any atom is 0.279 e. The fourth-order valence-electron chi connectivity index (χ4n) is 1.87. The zero-order valence-corrected chi connectivity index (χ0v) is 16.1. The number of phosphoric ester groups is 1. The molecule has 6 atom stereocenters. The monoisotopic (exact) mass is 465 g/mol. The fourth-order valence-corrected chi connectivity index (χ4v) is 5.21. The highest BCUT2D eigenvalue weighted by Crippen LogP contribution is 2.61. The number of phosphoric acid groups is 2. The summed E-state index contributed by atoms with van der Waals surface area (Å²) in [6.45, 7) is 3.64. The van der Waals surface area contributed by atoms with E-state index in [-0.39, 0.29) is 37.8 Å². The Hall–Kier alpha value is -0.0700. The van der Waals surface area contributed by atoms with Crippen LogP contribution in [0.3, 0.4) is 0 Å². The molecule has 1 rings (SSSR count). The number of hydrogen-bond donors (Lipinski definition) is 0. The molecule has 27 heavy (non-hydrogen) atoms. The van der Waals surface area contributed by atoms with Gasteiger partial charge in [-0.3, -0.25) is 13.4 Å². The molecule has 0 aromatic heterocycles. The largest absolute Gasteiger partial charge is 0.778 e. The highest BCUT2D eigenvalue weighted by atomic mass is 31.3. The van der Waals surface area contributed by atoms with Gasteiger partial charge in [0.1, 0.15) is 7.60 Å². The van der Waals surface area contributed by atoms with Crippen LogP contribution in [0.1, 0.15) is 35.1 Å². The van der Waals surface area contributed by atoms with Gasteiger partial charge in [0.25, 0.3) is 15.6 Å². The van der Waals surface area contributed by atoms with Gasteiger partial charge in [-0.25, -0.2) is 4.31 Å². The molecule has 5 unspecified atom stereocenters. The van der Waals surface area contributed by atoms with Crippen molar-refractivity contribution in [1.29, 1.82) is 0 Å². The Balaban J connectivity index is -0.000000260. The Kier molecular flexibility index (Phi) is 20.7. The summed E-state index contributed by atoms with van der Waals surface area (Å²) in [4.78, 5) is 47.1. The van der Waals surface area contributed by atoms with E-state index in [2.05, 4.69) is 13.1 Å². The first-order valence-electron chi connectivity index (χ1n) is 6.10. The Labute approximate surface area is 157 Å².